The van der Waals surface area contributed by atoms with E-state index in [9.17, 15) is 9.59 Å². The van der Waals surface area contributed by atoms with Crippen molar-refractivity contribution in [3.8, 4) is 5.75 Å². The Morgan fingerprint density at radius 3 is 2.96 bits per heavy atom. The van der Waals surface area contributed by atoms with Crippen molar-refractivity contribution < 1.29 is 23.6 Å². The summed E-state index contributed by atoms with van der Waals surface area (Å²) in [7, 11) is 0. The van der Waals surface area contributed by atoms with E-state index in [-0.39, 0.29) is 24.8 Å². The van der Waals surface area contributed by atoms with Crippen LogP contribution >= 0.6 is 0 Å². The van der Waals surface area contributed by atoms with Gasteiger partial charge in [0.15, 0.2) is 12.4 Å². The van der Waals surface area contributed by atoms with Crippen LogP contribution in [0.15, 0.2) is 40.8 Å². The maximum absolute atomic E-state index is 12.1. The molecule has 7 nitrogen and oxygen atoms in total. The molecule has 1 aliphatic rings. The molecule has 0 radical (unpaired) electrons. The SMILES string of the molecule is CCONC(=O)c1ccc(CN2C(=O)COc3ccccc32)o1. The highest BCUT2D eigenvalue weighted by Gasteiger charge is 2.26. The van der Waals surface area contributed by atoms with Crippen molar-refractivity contribution in [2.24, 2.45) is 0 Å². The van der Waals surface area contributed by atoms with Gasteiger partial charge in [-0.15, -0.1) is 0 Å². The molecule has 7 heteroatoms. The first-order valence-electron chi connectivity index (χ1n) is 7.22. The number of benzene rings is 1. The van der Waals surface area contributed by atoms with Gasteiger partial charge in [0, 0.05) is 0 Å². The summed E-state index contributed by atoms with van der Waals surface area (Å²) >= 11 is 0. The van der Waals surface area contributed by atoms with Crippen LogP contribution in [0.1, 0.15) is 23.2 Å². The monoisotopic (exact) mass is 316 g/mol. The van der Waals surface area contributed by atoms with E-state index < -0.39 is 5.91 Å². The quantitative estimate of drug-likeness (QED) is 0.852. The third kappa shape index (κ3) is 3.19. The Morgan fingerprint density at radius 2 is 2.13 bits per heavy atom. The molecule has 0 fully saturated rings. The van der Waals surface area contributed by atoms with Crippen molar-refractivity contribution in [2.45, 2.75) is 13.5 Å². The Hall–Kier alpha value is -2.80. The number of nitrogens with zero attached hydrogens (tertiary/aromatic N) is 1. The van der Waals surface area contributed by atoms with E-state index in [1.54, 1.807) is 36.1 Å². The predicted molar refractivity (Wildman–Crippen MR) is 80.9 cm³/mol. The van der Waals surface area contributed by atoms with Crippen molar-refractivity contribution in [1.29, 1.82) is 0 Å². The molecule has 1 aliphatic heterocycles. The van der Waals surface area contributed by atoms with Crippen LogP contribution in [0.2, 0.25) is 0 Å². The van der Waals surface area contributed by atoms with Crippen molar-refractivity contribution in [2.75, 3.05) is 18.1 Å². The van der Waals surface area contributed by atoms with Crippen LogP contribution in [-0.2, 0) is 16.2 Å². The standard InChI is InChI=1S/C16H16N2O5/c1-2-22-17-16(20)14-8-7-11(23-14)9-18-12-5-3-4-6-13(12)21-10-15(18)19/h3-8H,2,9-10H2,1H3,(H,17,20). The zero-order valence-electron chi connectivity index (χ0n) is 12.6. The van der Waals surface area contributed by atoms with Crippen LogP contribution in [0.4, 0.5) is 5.69 Å². The van der Waals surface area contributed by atoms with E-state index in [2.05, 4.69) is 5.48 Å². The molecule has 120 valence electrons. The van der Waals surface area contributed by atoms with E-state index in [0.29, 0.717) is 23.8 Å². The zero-order chi connectivity index (χ0) is 16.2. The largest absolute Gasteiger partial charge is 0.482 e. The number of nitrogens with one attached hydrogen (secondary N) is 1. The molecule has 23 heavy (non-hydrogen) atoms. The number of rotatable bonds is 5. The number of hydrogen-bond donors (Lipinski definition) is 1. The Labute approximate surface area is 132 Å². The van der Waals surface area contributed by atoms with E-state index in [1.807, 2.05) is 12.1 Å². The first-order chi connectivity index (χ1) is 11.2. The second-order valence-electron chi connectivity index (χ2n) is 4.87. The summed E-state index contributed by atoms with van der Waals surface area (Å²) in [5, 5.41) is 0. The van der Waals surface area contributed by atoms with Crippen molar-refractivity contribution >= 4 is 17.5 Å². The summed E-state index contributed by atoms with van der Waals surface area (Å²) in [6.07, 6.45) is 0. The molecule has 0 aliphatic carbocycles. The molecule has 3 rings (SSSR count). The number of ether oxygens (including phenoxy) is 1. The van der Waals surface area contributed by atoms with E-state index in [4.69, 9.17) is 14.0 Å². The van der Waals surface area contributed by atoms with Crippen LogP contribution in [0.3, 0.4) is 0 Å². The molecular weight excluding hydrogens is 300 g/mol. The summed E-state index contributed by atoms with van der Waals surface area (Å²) in [6.45, 7) is 2.32. The average Bonchev–Trinajstić information content (AvgIpc) is 3.04. The topological polar surface area (TPSA) is 81.0 Å². The highest BCUT2D eigenvalue weighted by Crippen LogP contribution is 2.32. The minimum absolute atomic E-state index is 0.0184. The van der Waals surface area contributed by atoms with Crippen molar-refractivity contribution in [3.63, 3.8) is 0 Å². The van der Waals surface area contributed by atoms with Gasteiger partial charge >= 0.3 is 5.91 Å². The normalized spacial score (nSPS) is 13.4. The van der Waals surface area contributed by atoms with E-state index >= 15 is 0 Å². The van der Waals surface area contributed by atoms with Gasteiger partial charge in [0.25, 0.3) is 5.91 Å². The third-order valence-electron chi connectivity index (χ3n) is 3.32. The lowest BCUT2D eigenvalue weighted by molar-refractivity contribution is -0.121. The lowest BCUT2D eigenvalue weighted by Crippen LogP contribution is -2.38. The lowest BCUT2D eigenvalue weighted by atomic mass is 10.2. The number of carbonyl (C=O) groups excluding carboxylic acids is 2. The van der Waals surface area contributed by atoms with Gasteiger partial charge in [-0.25, -0.2) is 5.48 Å². The fourth-order valence-corrected chi connectivity index (χ4v) is 2.26. The molecule has 0 saturated heterocycles. The Balaban J connectivity index is 1.76. The lowest BCUT2D eigenvalue weighted by Gasteiger charge is -2.28. The molecule has 0 bridgehead atoms. The molecule has 2 aromatic rings. The number of amides is 2. The third-order valence-corrected chi connectivity index (χ3v) is 3.32. The van der Waals surface area contributed by atoms with Gasteiger partial charge in [-0.05, 0) is 31.2 Å². The molecule has 1 aromatic heterocycles. The molecule has 0 spiro atoms. The number of anilines is 1. The molecule has 1 N–H and O–H groups in total. The fourth-order valence-electron chi connectivity index (χ4n) is 2.26. The number of fused-ring (bicyclic) bond motifs is 1. The van der Waals surface area contributed by atoms with Crippen LogP contribution in [0.5, 0.6) is 5.75 Å². The number of carbonyl (C=O) groups is 2. The molecule has 0 saturated carbocycles. The van der Waals surface area contributed by atoms with Gasteiger partial charge in [-0.2, -0.15) is 0 Å². The summed E-state index contributed by atoms with van der Waals surface area (Å²) in [5.41, 5.74) is 2.94. The molecule has 1 aromatic carbocycles. The summed E-state index contributed by atoms with van der Waals surface area (Å²) in [4.78, 5) is 30.2. The zero-order valence-corrected chi connectivity index (χ0v) is 12.6. The highest BCUT2D eigenvalue weighted by molar-refractivity contribution is 5.97. The Morgan fingerprint density at radius 1 is 1.30 bits per heavy atom. The van der Waals surface area contributed by atoms with Crippen molar-refractivity contribution in [1.82, 2.24) is 5.48 Å². The summed E-state index contributed by atoms with van der Waals surface area (Å²) in [6, 6.07) is 10.5. The Kier molecular flexibility index (Phi) is 4.29. The van der Waals surface area contributed by atoms with Gasteiger partial charge in [0.2, 0.25) is 0 Å². The average molecular weight is 316 g/mol. The first kappa shape index (κ1) is 15.1. The maximum atomic E-state index is 12.1. The highest BCUT2D eigenvalue weighted by atomic mass is 16.7. The summed E-state index contributed by atoms with van der Waals surface area (Å²) < 4.78 is 10.9. The fraction of sp³-hybridized carbons (Fsp3) is 0.250. The molecule has 0 atom stereocenters. The van der Waals surface area contributed by atoms with Gasteiger partial charge in [0.1, 0.15) is 11.5 Å². The number of hydroxylamine groups is 1. The van der Waals surface area contributed by atoms with Crippen LogP contribution in [0, 0.1) is 0 Å². The minimum atomic E-state index is -0.466. The molecular formula is C16H16N2O5. The Bertz CT molecular complexity index is 725. The summed E-state index contributed by atoms with van der Waals surface area (Å²) in [5.74, 6) is 0.638. The second kappa shape index (κ2) is 6.53. The number of para-hydroxylation sites is 2. The van der Waals surface area contributed by atoms with Crippen LogP contribution < -0.4 is 15.1 Å². The number of furan rings is 1. The van der Waals surface area contributed by atoms with E-state index in [0.717, 1.165) is 0 Å². The van der Waals surface area contributed by atoms with Gasteiger partial charge < -0.3 is 9.15 Å². The predicted octanol–water partition coefficient (Wildman–Crippen LogP) is 1.89. The van der Waals surface area contributed by atoms with Crippen molar-refractivity contribution in [3.05, 3.63) is 47.9 Å². The van der Waals surface area contributed by atoms with Gasteiger partial charge in [0.05, 0.1) is 18.8 Å². The van der Waals surface area contributed by atoms with Crippen LogP contribution in [0.25, 0.3) is 0 Å². The molecule has 2 heterocycles. The second-order valence-corrected chi connectivity index (χ2v) is 4.87. The van der Waals surface area contributed by atoms with Gasteiger partial charge in [-0.3, -0.25) is 19.3 Å². The molecule has 0 unspecified atom stereocenters. The van der Waals surface area contributed by atoms with Gasteiger partial charge in [-0.1, -0.05) is 12.1 Å². The van der Waals surface area contributed by atoms with E-state index in [1.165, 1.54) is 0 Å². The number of hydrogen-bond acceptors (Lipinski definition) is 5. The van der Waals surface area contributed by atoms with Crippen LogP contribution in [-0.4, -0.2) is 25.0 Å². The molecule has 2 amide bonds. The smallest absolute Gasteiger partial charge is 0.310 e. The minimum Gasteiger partial charge on any atom is -0.482 e. The first-order valence-corrected chi connectivity index (χ1v) is 7.22. The maximum Gasteiger partial charge on any atom is 0.310 e.